The van der Waals surface area contributed by atoms with Crippen molar-refractivity contribution in [3.05, 3.63) is 78.4 Å². The van der Waals surface area contributed by atoms with Crippen LogP contribution in [0.4, 0.5) is 5.69 Å². The van der Waals surface area contributed by atoms with Crippen molar-refractivity contribution in [2.75, 3.05) is 5.32 Å². The van der Waals surface area contributed by atoms with E-state index >= 15 is 0 Å². The first kappa shape index (κ1) is 12.4. The van der Waals surface area contributed by atoms with Gasteiger partial charge in [0.1, 0.15) is 0 Å². The van der Waals surface area contributed by atoms with Crippen LogP contribution in [0.15, 0.2) is 67.3 Å². The monoisotopic (exact) mass is 237 g/mol. The first-order chi connectivity index (χ1) is 8.79. The summed E-state index contributed by atoms with van der Waals surface area (Å²) in [7, 11) is 0. The second-order valence-corrected chi connectivity index (χ2v) is 4.50. The van der Waals surface area contributed by atoms with Crippen molar-refractivity contribution in [2.24, 2.45) is 0 Å². The van der Waals surface area contributed by atoms with E-state index in [0.29, 0.717) is 0 Å². The summed E-state index contributed by atoms with van der Waals surface area (Å²) in [6.45, 7) is 5.94. The molecule has 0 saturated carbocycles. The lowest BCUT2D eigenvalue weighted by Gasteiger charge is -2.19. The molecule has 0 radical (unpaired) electrons. The summed E-state index contributed by atoms with van der Waals surface area (Å²) in [5.74, 6) is 0. The highest BCUT2D eigenvalue weighted by molar-refractivity contribution is 5.46. The molecule has 1 heteroatoms. The maximum atomic E-state index is 3.84. The molecule has 0 aliphatic heterocycles. The summed E-state index contributed by atoms with van der Waals surface area (Å²) in [4.78, 5) is 0. The molecule has 2 rings (SSSR count). The standard InChI is InChI=1S/C17H19N/c1-3-7-17(15-8-5-4-6-9-15)18-16-12-10-14(2)11-13-16/h3-6,8-13,17-18H,1,7H2,2H3. The van der Waals surface area contributed by atoms with Gasteiger partial charge >= 0.3 is 0 Å². The Balaban J connectivity index is 2.16. The van der Waals surface area contributed by atoms with E-state index in [9.17, 15) is 0 Å². The first-order valence-corrected chi connectivity index (χ1v) is 6.28. The predicted octanol–water partition coefficient (Wildman–Crippen LogP) is 4.72. The molecule has 1 N–H and O–H groups in total. The molecule has 18 heavy (non-hydrogen) atoms. The summed E-state index contributed by atoms with van der Waals surface area (Å²) in [6.07, 6.45) is 2.87. The van der Waals surface area contributed by atoms with Crippen molar-refractivity contribution in [3.8, 4) is 0 Å². The van der Waals surface area contributed by atoms with Gasteiger partial charge in [0.25, 0.3) is 0 Å². The zero-order chi connectivity index (χ0) is 12.8. The third kappa shape index (κ3) is 3.24. The molecule has 0 spiro atoms. The van der Waals surface area contributed by atoms with Gasteiger partial charge in [-0.25, -0.2) is 0 Å². The van der Waals surface area contributed by atoms with Gasteiger partial charge in [0.15, 0.2) is 0 Å². The zero-order valence-corrected chi connectivity index (χ0v) is 10.8. The summed E-state index contributed by atoms with van der Waals surface area (Å²) in [6, 6.07) is 19.3. The Kier molecular flexibility index (Phi) is 4.19. The average Bonchev–Trinajstić information content (AvgIpc) is 2.42. The van der Waals surface area contributed by atoms with E-state index < -0.39 is 0 Å². The van der Waals surface area contributed by atoms with Crippen molar-refractivity contribution >= 4 is 5.69 Å². The highest BCUT2D eigenvalue weighted by atomic mass is 14.9. The number of aryl methyl sites for hydroxylation is 1. The SMILES string of the molecule is C=CCC(Nc1ccc(C)cc1)c1ccccc1. The van der Waals surface area contributed by atoms with Gasteiger partial charge in [0, 0.05) is 5.69 Å². The highest BCUT2D eigenvalue weighted by Gasteiger charge is 2.08. The van der Waals surface area contributed by atoms with Crippen LogP contribution in [0.5, 0.6) is 0 Å². The third-order valence-corrected chi connectivity index (χ3v) is 3.00. The number of rotatable bonds is 5. The molecule has 92 valence electrons. The maximum Gasteiger partial charge on any atom is 0.0548 e. The molecule has 1 unspecified atom stereocenters. The molecular formula is C17H19N. The van der Waals surface area contributed by atoms with Crippen molar-refractivity contribution in [3.63, 3.8) is 0 Å². The first-order valence-electron chi connectivity index (χ1n) is 6.28. The molecule has 0 bridgehead atoms. The predicted molar refractivity (Wildman–Crippen MR) is 78.8 cm³/mol. The van der Waals surface area contributed by atoms with Crippen LogP contribution in [0, 0.1) is 6.92 Å². The van der Waals surface area contributed by atoms with E-state index in [2.05, 4.69) is 67.4 Å². The molecule has 0 saturated heterocycles. The molecule has 2 aromatic rings. The lowest BCUT2D eigenvalue weighted by Crippen LogP contribution is -2.09. The molecule has 2 aromatic carbocycles. The fourth-order valence-electron chi connectivity index (χ4n) is 1.98. The van der Waals surface area contributed by atoms with E-state index in [4.69, 9.17) is 0 Å². The maximum absolute atomic E-state index is 3.84. The minimum absolute atomic E-state index is 0.284. The Morgan fingerprint density at radius 2 is 1.72 bits per heavy atom. The second-order valence-electron chi connectivity index (χ2n) is 4.50. The molecule has 0 amide bonds. The van der Waals surface area contributed by atoms with E-state index in [1.165, 1.54) is 11.1 Å². The van der Waals surface area contributed by atoms with Gasteiger partial charge in [-0.2, -0.15) is 0 Å². The molecule has 0 aliphatic rings. The van der Waals surface area contributed by atoms with Gasteiger partial charge in [0.05, 0.1) is 6.04 Å². The molecule has 0 fully saturated rings. The summed E-state index contributed by atoms with van der Waals surface area (Å²) in [5, 5.41) is 3.55. The molecular weight excluding hydrogens is 218 g/mol. The summed E-state index contributed by atoms with van der Waals surface area (Å²) < 4.78 is 0. The second kappa shape index (κ2) is 6.06. The Hall–Kier alpha value is -2.02. The smallest absolute Gasteiger partial charge is 0.0548 e. The Bertz CT molecular complexity index is 485. The molecule has 0 aliphatic carbocycles. The topological polar surface area (TPSA) is 12.0 Å². The summed E-state index contributed by atoms with van der Waals surface area (Å²) in [5.41, 5.74) is 3.72. The molecule has 0 heterocycles. The molecule has 0 aromatic heterocycles. The number of anilines is 1. The Labute approximate surface area is 109 Å². The lowest BCUT2D eigenvalue weighted by molar-refractivity contribution is 0.799. The van der Waals surface area contributed by atoms with Crippen LogP contribution in [-0.2, 0) is 0 Å². The summed E-state index contributed by atoms with van der Waals surface area (Å²) >= 11 is 0. The fraction of sp³-hybridized carbons (Fsp3) is 0.176. The van der Waals surface area contributed by atoms with Crippen LogP contribution in [0.2, 0.25) is 0 Å². The normalized spacial score (nSPS) is 11.8. The van der Waals surface area contributed by atoms with Crippen molar-refractivity contribution < 1.29 is 0 Å². The van der Waals surface area contributed by atoms with Crippen molar-refractivity contribution in [1.29, 1.82) is 0 Å². The van der Waals surface area contributed by atoms with Crippen LogP contribution in [0.1, 0.15) is 23.6 Å². The molecule has 1 nitrogen and oxygen atoms in total. The van der Waals surface area contributed by atoms with Crippen molar-refractivity contribution in [2.45, 2.75) is 19.4 Å². The Morgan fingerprint density at radius 3 is 2.33 bits per heavy atom. The quantitative estimate of drug-likeness (QED) is 0.742. The van der Waals surface area contributed by atoms with Gasteiger partial charge in [-0.1, -0.05) is 54.1 Å². The lowest BCUT2D eigenvalue weighted by atomic mass is 10.0. The van der Waals surface area contributed by atoms with Crippen molar-refractivity contribution in [1.82, 2.24) is 0 Å². The Morgan fingerprint density at radius 1 is 1.06 bits per heavy atom. The largest absolute Gasteiger partial charge is 0.378 e. The van der Waals surface area contributed by atoms with Crippen LogP contribution < -0.4 is 5.32 Å². The minimum atomic E-state index is 0.284. The molecule has 1 atom stereocenters. The van der Waals surface area contributed by atoms with Crippen LogP contribution in [0.3, 0.4) is 0 Å². The number of hydrogen-bond donors (Lipinski definition) is 1. The van der Waals surface area contributed by atoms with Gasteiger partial charge in [-0.15, -0.1) is 6.58 Å². The van der Waals surface area contributed by atoms with Gasteiger partial charge in [0.2, 0.25) is 0 Å². The van der Waals surface area contributed by atoms with Gasteiger partial charge in [-0.3, -0.25) is 0 Å². The van der Waals surface area contributed by atoms with Crippen LogP contribution >= 0.6 is 0 Å². The van der Waals surface area contributed by atoms with E-state index in [-0.39, 0.29) is 6.04 Å². The van der Waals surface area contributed by atoms with E-state index in [1.54, 1.807) is 0 Å². The number of hydrogen-bond acceptors (Lipinski definition) is 1. The van der Waals surface area contributed by atoms with Gasteiger partial charge < -0.3 is 5.32 Å². The van der Waals surface area contributed by atoms with Gasteiger partial charge in [-0.05, 0) is 31.0 Å². The van der Waals surface area contributed by atoms with E-state index in [1.807, 2.05) is 12.1 Å². The fourth-order valence-corrected chi connectivity index (χ4v) is 1.98. The zero-order valence-electron chi connectivity index (χ0n) is 10.8. The highest BCUT2D eigenvalue weighted by Crippen LogP contribution is 2.23. The number of nitrogens with one attached hydrogen (secondary N) is 1. The number of benzene rings is 2. The average molecular weight is 237 g/mol. The van der Waals surface area contributed by atoms with Crippen LogP contribution in [0.25, 0.3) is 0 Å². The minimum Gasteiger partial charge on any atom is -0.378 e. The third-order valence-electron chi connectivity index (χ3n) is 3.00. The van der Waals surface area contributed by atoms with Crippen LogP contribution in [-0.4, -0.2) is 0 Å². The van der Waals surface area contributed by atoms with E-state index in [0.717, 1.165) is 12.1 Å².